The fourth-order valence-electron chi connectivity index (χ4n) is 2.26. The summed E-state index contributed by atoms with van der Waals surface area (Å²) < 4.78 is 5.28. The van der Waals surface area contributed by atoms with Crippen LogP contribution in [-0.2, 0) is 9.53 Å². The maximum Gasteiger partial charge on any atom is 0.408 e. The SMILES string of the molecule is CN=C(NCCC(=O)Nc1cccc(C)n1)NCC(C)(C)NC(=O)OC(C)(C)C. The molecule has 0 spiro atoms. The number of pyridine rings is 1. The van der Waals surface area contributed by atoms with Gasteiger partial charge in [-0.25, -0.2) is 9.78 Å². The van der Waals surface area contributed by atoms with Crippen LogP contribution in [0.1, 0.15) is 46.7 Å². The van der Waals surface area contributed by atoms with Crippen LogP contribution in [0.5, 0.6) is 0 Å². The van der Waals surface area contributed by atoms with Gasteiger partial charge < -0.3 is 26.0 Å². The van der Waals surface area contributed by atoms with Crippen molar-refractivity contribution in [3.63, 3.8) is 0 Å². The topological polar surface area (TPSA) is 117 Å². The van der Waals surface area contributed by atoms with Crippen LogP contribution in [0.4, 0.5) is 10.6 Å². The summed E-state index contributed by atoms with van der Waals surface area (Å²) in [6.07, 6.45) is -0.218. The van der Waals surface area contributed by atoms with Crippen LogP contribution in [0.15, 0.2) is 23.2 Å². The summed E-state index contributed by atoms with van der Waals surface area (Å²) in [5, 5.41) is 11.8. The number of anilines is 1. The van der Waals surface area contributed by atoms with Gasteiger partial charge in [0.2, 0.25) is 5.91 Å². The fraction of sp³-hybridized carbons (Fsp3) is 0.600. The molecule has 9 nitrogen and oxygen atoms in total. The van der Waals surface area contributed by atoms with Gasteiger partial charge in [-0.3, -0.25) is 9.79 Å². The van der Waals surface area contributed by atoms with Gasteiger partial charge in [-0.05, 0) is 53.7 Å². The predicted molar refractivity (Wildman–Crippen MR) is 115 cm³/mol. The number of aromatic nitrogens is 1. The molecular formula is C20H34N6O3. The normalized spacial score (nSPS) is 12.2. The van der Waals surface area contributed by atoms with E-state index in [2.05, 4.69) is 31.2 Å². The second kappa shape index (κ2) is 10.6. The Kier molecular flexibility index (Phi) is 8.87. The third kappa shape index (κ3) is 10.9. The number of nitrogens with zero attached hydrogens (tertiary/aromatic N) is 2. The number of hydrogen-bond donors (Lipinski definition) is 4. The molecule has 0 radical (unpaired) electrons. The number of alkyl carbamates (subject to hydrolysis) is 1. The lowest BCUT2D eigenvalue weighted by Crippen LogP contribution is -2.54. The van der Waals surface area contributed by atoms with Crippen molar-refractivity contribution in [1.82, 2.24) is 20.9 Å². The van der Waals surface area contributed by atoms with E-state index in [1.54, 1.807) is 13.1 Å². The van der Waals surface area contributed by atoms with Gasteiger partial charge in [0, 0.05) is 32.3 Å². The first-order valence-electron chi connectivity index (χ1n) is 9.59. The van der Waals surface area contributed by atoms with E-state index in [9.17, 15) is 9.59 Å². The van der Waals surface area contributed by atoms with Crippen molar-refractivity contribution in [2.24, 2.45) is 4.99 Å². The van der Waals surface area contributed by atoms with Crippen molar-refractivity contribution in [3.8, 4) is 0 Å². The molecule has 0 saturated heterocycles. The highest BCUT2D eigenvalue weighted by molar-refractivity contribution is 5.90. The van der Waals surface area contributed by atoms with Crippen molar-refractivity contribution < 1.29 is 14.3 Å². The molecule has 1 aromatic rings. The maximum atomic E-state index is 12.0. The van der Waals surface area contributed by atoms with E-state index >= 15 is 0 Å². The van der Waals surface area contributed by atoms with Crippen molar-refractivity contribution in [1.29, 1.82) is 0 Å². The second-order valence-electron chi connectivity index (χ2n) is 8.33. The minimum absolute atomic E-state index is 0.141. The lowest BCUT2D eigenvalue weighted by molar-refractivity contribution is -0.116. The molecule has 0 aliphatic carbocycles. The van der Waals surface area contributed by atoms with Crippen molar-refractivity contribution in [2.45, 2.75) is 59.1 Å². The average Bonchev–Trinajstić information content (AvgIpc) is 2.55. The zero-order valence-corrected chi connectivity index (χ0v) is 18.5. The van der Waals surface area contributed by atoms with E-state index < -0.39 is 17.2 Å². The van der Waals surface area contributed by atoms with E-state index in [0.717, 1.165) is 5.69 Å². The molecule has 1 aromatic heterocycles. The number of nitrogens with one attached hydrogen (secondary N) is 4. The molecule has 0 saturated carbocycles. The molecule has 29 heavy (non-hydrogen) atoms. The van der Waals surface area contributed by atoms with Crippen LogP contribution in [0.2, 0.25) is 0 Å². The summed E-state index contributed by atoms with van der Waals surface area (Å²) in [7, 11) is 1.64. The van der Waals surface area contributed by atoms with Gasteiger partial charge in [0.05, 0.1) is 5.54 Å². The second-order valence-corrected chi connectivity index (χ2v) is 8.33. The molecule has 0 aliphatic heterocycles. The Hall–Kier alpha value is -2.84. The molecule has 9 heteroatoms. The molecular weight excluding hydrogens is 372 g/mol. The predicted octanol–water partition coefficient (Wildman–Crippen LogP) is 2.19. The molecule has 0 aromatic carbocycles. The summed E-state index contributed by atoms with van der Waals surface area (Å²) >= 11 is 0. The summed E-state index contributed by atoms with van der Waals surface area (Å²) in [5.41, 5.74) is -0.276. The number of amides is 2. The number of hydrogen-bond acceptors (Lipinski definition) is 5. The monoisotopic (exact) mass is 406 g/mol. The lowest BCUT2D eigenvalue weighted by Gasteiger charge is -2.29. The molecule has 0 bridgehead atoms. The largest absolute Gasteiger partial charge is 0.444 e. The third-order valence-corrected chi connectivity index (χ3v) is 3.56. The quantitative estimate of drug-likeness (QED) is 0.407. The Morgan fingerprint density at radius 3 is 2.41 bits per heavy atom. The molecule has 0 atom stereocenters. The van der Waals surface area contributed by atoms with E-state index in [-0.39, 0.29) is 12.3 Å². The summed E-state index contributed by atoms with van der Waals surface area (Å²) in [4.78, 5) is 32.4. The Balaban J connectivity index is 2.38. The van der Waals surface area contributed by atoms with Gasteiger partial charge in [-0.1, -0.05) is 6.07 Å². The maximum absolute atomic E-state index is 12.0. The first-order valence-corrected chi connectivity index (χ1v) is 9.59. The molecule has 4 N–H and O–H groups in total. The van der Waals surface area contributed by atoms with Gasteiger partial charge in [0.15, 0.2) is 5.96 Å². The first-order chi connectivity index (χ1) is 13.4. The van der Waals surface area contributed by atoms with Crippen LogP contribution >= 0.6 is 0 Å². The van der Waals surface area contributed by atoms with Crippen LogP contribution in [0, 0.1) is 6.92 Å². The van der Waals surface area contributed by atoms with Crippen molar-refractivity contribution >= 4 is 23.8 Å². The van der Waals surface area contributed by atoms with Gasteiger partial charge in [-0.15, -0.1) is 0 Å². The minimum Gasteiger partial charge on any atom is -0.444 e. The number of aliphatic imine (C=N–C) groups is 1. The molecule has 162 valence electrons. The van der Waals surface area contributed by atoms with Crippen LogP contribution in [0.3, 0.4) is 0 Å². The number of ether oxygens (including phenoxy) is 1. The highest BCUT2D eigenvalue weighted by atomic mass is 16.6. The number of guanidine groups is 1. The summed E-state index contributed by atoms with van der Waals surface area (Å²) in [6, 6.07) is 5.46. The van der Waals surface area contributed by atoms with E-state index in [1.165, 1.54) is 0 Å². The molecule has 2 amide bonds. The molecule has 1 rings (SSSR count). The van der Waals surface area contributed by atoms with Crippen molar-refractivity contribution in [3.05, 3.63) is 23.9 Å². The highest BCUT2D eigenvalue weighted by Crippen LogP contribution is 2.09. The fourth-order valence-corrected chi connectivity index (χ4v) is 2.26. The molecule has 0 fully saturated rings. The van der Waals surface area contributed by atoms with Crippen molar-refractivity contribution in [2.75, 3.05) is 25.5 Å². The van der Waals surface area contributed by atoms with E-state index in [1.807, 2.05) is 53.7 Å². The third-order valence-electron chi connectivity index (χ3n) is 3.56. The number of rotatable bonds is 7. The molecule has 1 heterocycles. The van der Waals surface area contributed by atoms with Crippen LogP contribution < -0.4 is 21.3 Å². The molecule has 0 aliphatic rings. The number of aryl methyl sites for hydroxylation is 1. The summed E-state index contributed by atoms with van der Waals surface area (Å²) in [5.74, 6) is 0.927. The standard InChI is InChI=1S/C20H34N6O3/c1-14-9-8-10-15(24-14)25-16(27)11-12-22-17(21-7)23-13-20(5,6)26-18(28)29-19(2,3)4/h8-10H,11-13H2,1-7H3,(H,26,28)(H2,21,22,23)(H,24,25,27). The zero-order valence-electron chi connectivity index (χ0n) is 18.5. The highest BCUT2D eigenvalue weighted by Gasteiger charge is 2.24. The lowest BCUT2D eigenvalue weighted by atomic mass is 10.1. The van der Waals surface area contributed by atoms with Crippen LogP contribution in [-0.4, -0.2) is 54.2 Å². The zero-order chi connectivity index (χ0) is 22.1. The average molecular weight is 407 g/mol. The Morgan fingerprint density at radius 2 is 1.83 bits per heavy atom. The van der Waals surface area contributed by atoms with Gasteiger partial charge in [0.25, 0.3) is 0 Å². The van der Waals surface area contributed by atoms with Gasteiger partial charge in [-0.2, -0.15) is 0 Å². The Labute approximate surface area is 173 Å². The van der Waals surface area contributed by atoms with E-state index in [0.29, 0.717) is 24.9 Å². The van der Waals surface area contributed by atoms with Crippen LogP contribution in [0.25, 0.3) is 0 Å². The number of carbonyl (C=O) groups is 2. The van der Waals surface area contributed by atoms with E-state index in [4.69, 9.17) is 4.74 Å². The smallest absolute Gasteiger partial charge is 0.408 e. The Morgan fingerprint density at radius 1 is 1.14 bits per heavy atom. The summed E-state index contributed by atoms with van der Waals surface area (Å²) in [6.45, 7) is 11.9. The minimum atomic E-state index is -0.561. The van der Waals surface area contributed by atoms with Gasteiger partial charge in [0.1, 0.15) is 11.4 Å². The number of carbonyl (C=O) groups excluding carboxylic acids is 2. The Bertz CT molecular complexity index is 725. The molecule has 0 unspecified atom stereocenters. The van der Waals surface area contributed by atoms with Gasteiger partial charge >= 0.3 is 6.09 Å². The first kappa shape index (κ1) is 24.2.